The number of carbonyl (C=O) groups is 2. The van der Waals surface area contributed by atoms with Gasteiger partial charge in [0.1, 0.15) is 0 Å². The highest BCUT2D eigenvalue weighted by Crippen LogP contribution is 2.40. The molecule has 2 heterocycles. The first-order valence-corrected chi connectivity index (χ1v) is 7.68. The first-order valence-electron chi connectivity index (χ1n) is 7.68. The molecule has 2 aliphatic rings. The Labute approximate surface area is 122 Å². The van der Waals surface area contributed by atoms with E-state index in [2.05, 4.69) is 44.5 Å². The minimum absolute atomic E-state index is 0.115. The average molecular weight is 280 g/mol. The van der Waals surface area contributed by atoms with Crippen LogP contribution in [0, 0.1) is 0 Å². The summed E-state index contributed by atoms with van der Waals surface area (Å²) in [5.41, 5.74) is 0.230. The summed E-state index contributed by atoms with van der Waals surface area (Å²) in [6, 6.07) is 0.222. The minimum atomic E-state index is -0.239. The molecule has 0 aromatic carbocycles. The molecule has 0 aromatic rings. The lowest BCUT2D eigenvalue weighted by Crippen LogP contribution is -2.63. The van der Waals surface area contributed by atoms with E-state index in [4.69, 9.17) is 0 Å². The van der Waals surface area contributed by atoms with E-state index >= 15 is 0 Å². The van der Waals surface area contributed by atoms with Crippen molar-refractivity contribution in [1.29, 1.82) is 0 Å². The Hall–Kier alpha value is -0.740. The molecule has 0 spiro atoms. The summed E-state index contributed by atoms with van der Waals surface area (Å²) in [6.07, 6.45) is 4.47. The highest BCUT2D eigenvalue weighted by atomic mass is 16.2. The van der Waals surface area contributed by atoms with Gasteiger partial charge in [-0.2, -0.15) is 0 Å². The van der Waals surface area contributed by atoms with Crippen LogP contribution in [0.4, 0.5) is 0 Å². The van der Waals surface area contributed by atoms with Crippen molar-refractivity contribution >= 4 is 12.1 Å². The molecule has 2 saturated heterocycles. The summed E-state index contributed by atoms with van der Waals surface area (Å²) in [7, 11) is 2.19. The Balaban J connectivity index is 2.20. The molecule has 1 atom stereocenters. The van der Waals surface area contributed by atoms with E-state index in [0.717, 1.165) is 32.2 Å². The van der Waals surface area contributed by atoms with Crippen LogP contribution in [-0.4, -0.2) is 58.6 Å². The van der Waals surface area contributed by atoms with Crippen molar-refractivity contribution < 1.29 is 9.59 Å². The van der Waals surface area contributed by atoms with Gasteiger partial charge in [0.2, 0.25) is 5.78 Å². The molecule has 0 N–H and O–H groups in total. The fourth-order valence-corrected chi connectivity index (χ4v) is 4.16. The lowest BCUT2D eigenvalue weighted by atomic mass is 9.76. The van der Waals surface area contributed by atoms with E-state index < -0.39 is 0 Å². The second-order valence-corrected chi connectivity index (χ2v) is 7.66. The third kappa shape index (κ3) is 2.68. The van der Waals surface area contributed by atoms with Gasteiger partial charge in [-0.15, -0.1) is 0 Å². The second-order valence-electron chi connectivity index (χ2n) is 7.66. The third-order valence-electron chi connectivity index (χ3n) is 5.49. The zero-order valence-electron chi connectivity index (χ0n) is 13.5. The maximum atomic E-state index is 11.8. The fraction of sp³-hybridized carbons (Fsp3) is 0.875. The summed E-state index contributed by atoms with van der Waals surface area (Å²) in [5, 5.41) is 0. The molecule has 4 nitrogen and oxygen atoms in total. The Morgan fingerprint density at radius 2 is 1.70 bits per heavy atom. The molecule has 2 aliphatic heterocycles. The van der Waals surface area contributed by atoms with Gasteiger partial charge in [-0.3, -0.25) is 19.4 Å². The van der Waals surface area contributed by atoms with Gasteiger partial charge in [0.15, 0.2) is 6.29 Å². The van der Waals surface area contributed by atoms with E-state index in [-0.39, 0.29) is 22.9 Å². The van der Waals surface area contributed by atoms with Crippen molar-refractivity contribution in [2.24, 2.45) is 0 Å². The third-order valence-corrected chi connectivity index (χ3v) is 5.49. The second kappa shape index (κ2) is 5.23. The van der Waals surface area contributed by atoms with Gasteiger partial charge in [-0.05, 0) is 67.0 Å². The monoisotopic (exact) mass is 280 g/mol. The summed E-state index contributed by atoms with van der Waals surface area (Å²) in [5.74, 6) is -0.239. The van der Waals surface area contributed by atoms with Gasteiger partial charge in [0.05, 0.1) is 6.04 Å². The molecule has 1 unspecified atom stereocenters. The Kier molecular flexibility index (Phi) is 4.09. The highest BCUT2D eigenvalue weighted by Gasteiger charge is 2.47. The molecule has 4 heteroatoms. The normalized spacial score (nSPS) is 31.4. The highest BCUT2D eigenvalue weighted by molar-refractivity contribution is 6.27. The van der Waals surface area contributed by atoms with Gasteiger partial charge >= 0.3 is 0 Å². The minimum Gasteiger partial charge on any atom is -0.296 e. The van der Waals surface area contributed by atoms with Crippen LogP contribution in [0.1, 0.15) is 53.4 Å². The summed E-state index contributed by atoms with van der Waals surface area (Å²) < 4.78 is 0. The fourth-order valence-electron chi connectivity index (χ4n) is 4.16. The molecule has 2 rings (SSSR count). The number of piperidine rings is 1. The van der Waals surface area contributed by atoms with E-state index in [1.54, 1.807) is 0 Å². The van der Waals surface area contributed by atoms with Crippen LogP contribution in [0.15, 0.2) is 0 Å². The van der Waals surface area contributed by atoms with Crippen molar-refractivity contribution in [2.75, 3.05) is 13.6 Å². The standard InChI is InChI=1S/C16H28N2O2/c1-15(2)9-12(10-16(3,4)17(15)5)18-8-6-7-13(18)14(20)11-19/h11-13H,6-10H2,1-5H3. The van der Waals surface area contributed by atoms with Crippen LogP contribution in [0.2, 0.25) is 0 Å². The quantitative estimate of drug-likeness (QED) is 0.584. The maximum absolute atomic E-state index is 11.8. The molecular weight excluding hydrogens is 252 g/mol. The van der Waals surface area contributed by atoms with Crippen LogP contribution >= 0.6 is 0 Å². The lowest BCUT2D eigenvalue weighted by molar-refractivity contribution is -0.134. The van der Waals surface area contributed by atoms with Crippen LogP contribution < -0.4 is 0 Å². The first kappa shape index (κ1) is 15.6. The van der Waals surface area contributed by atoms with Gasteiger partial charge in [0.25, 0.3) is 0 Å². The van der Waals surface area contributed by atoms with E-state index in [1.165, 1.54) is 0 Å². The molecule has 0 aromatic heterocycles. The predicted octanol–water partition coefficient (Wildman–Crippen LogP) is 1.87. The Bertz CT molecular complexity index is 385. The van der Waals surface area contributed by atoms with Crippen molar-refractivity contribution in [2.45, 2.75) is 76.5 Å². The molecule has 0 aliphatic carbocycles. The number of likely N-dealkylation sites (tertiary alicyclic amines) is 2. The zero-order valence-corrected chi connectivity index (χ0v) is 13.5. The number of aldehydes is 1. The topological polar surface area (TPSA) is 40.6 Å². The average Bonchev–Trinajstić information content (AvgIpc) is 2.83. The van der Waals surface area contributed by atoms with E-state index in [9.17, 15) is 9.59 Å². The summed E-state index contributed by atoms with van der Waals surface area (Å²) in [4.78, 5) is 27.4. The predicted molar refractivity (Wildman–Crippen MR) is 79.7 cm³/mol. The number of hydrogen-bond donors (Lipinski definition) is 0. The van der Waals surface area contributed by atoms with Crippen LogP contribution in [0.25, 0.3) is 0 Å². The van der Waals surface area contributed by atoms with Gasteiger partial charge < -0.3 is 0 Å². The zero-order chi connectivity index (χ0) is 15.1. The van der Waals surface area contributed by atoms with Crippen molar-refractivity contribution in [3.63, 3.8) is 0 Å². The number of Topliss-reactive ketones (excluding diaryl/α,β-unsaturated/α-hetero) is 1. The number of ketones is 1. The molecule has 2 fully saturated rings. The molecule has 0 radical (unpaired) electrons. The van der Waals surface area contributed by atoms with E-state index in [0.29, 0.717) is 12.3 Å². The smallest absolute Gasteiger partial charge is 0.212 e. The Morgan fingerprint density at radius 1 is 1.15 bits per heavy atom. The summed E-state index contributed by atoms with van der Waals surface area (Å²) in [6.45, 7) is 10.0. The Morgan fingerprint density at radius 3 is 2.20 bits per heavy atom. The van der Waals surface area contributed by atoms with E-state index in [1.807, 2.05) is 0 Å². The van der Waals surface area contributed by atoms with Crippen LogP contribution in [-0.2, 0) is 9.59 Å². The van der Waals surface area contributed by atoms with Crippen molar-refractivity contribution in [3.8, 4) is 0 Å². The number of carbonyl (C=O) groups excluding carboxylic acids is 2. The number of hydrogen-bond acceptors (Lipinski definition) is 4. The molecule has 20 heavy (non-hydrogen) atoms. The molecule has 114 valence electrons. The largest absolute Gasteiger partial charge is 0.296 e. The molecule has 0 bridgehead atoms. The number of nitrogens with zero attached hydrogens (tertiary/aromatic N) is 2. The summed E-state index contributed by atoms with van der Waals surface area (Å²) >= 11 is 0. The van der Waals surface area contributed by atoms with Crippen LogP contribution in [0.3, 0.4) is 0 Å². The molecular formula is C16H28N2O2. The number of rotatable bonds is 3. The molecule has 0 amide bonds. The van der Waals surface area contributed by atoms with Crippen LogP contribution in [0.5, 0.6) is 0 Å². The molecule has 0 saturated carbocycles. The van der Waals surface area contributed by atoms with Gasteiger partial charge in [-0.25, -0.2) is 0 Å². The SMILES string of the molecule is CN1C(C)(C)CC(N2CCCC2C(=O)C=O)CC1(C)C. The van der Waals surface area contributed by atoms with Gasteiger partial charge in [0, 0.05) is 17.1 Å². The van der Waals surface area contributed by atoms with Crippen molar-refractivity contribution in [3.05, 3.63) is 0 Å². The first-order chi connectivity index (χ1) is 9.19. The van der Waals surface area contributed by atoms with Crippen molar-refractivity contribution in [1.82, 2.24) is 9.80 Å². The lowest BCUT2D eigenvalue weighted by Gasteiger charge is -2.55. The maximum Gasteiger partial charge on any atom is 0.212 e. The van der Waals surface area contributed by atoms with Gasteiger partial charge in [-0.1, -0.05) is 0 Å².